The Kier molecular flexibility index (Phi) is 12.4. The molecule has 1 N–H and O–H groups in total. The number of carboxylic acid groups (broad SMARTS) is 1. The second-order valence-corrected chi connectivity index (χ2v) is 8.37. The molecule has 4 nitrogen and oxygen atoms in total. The van der Waals surface area contributed by atoms with Gasteiger partial charge in [0.1, 0.15) is 12.1 Å². The summed E-state index contributed by atoms with van der Waals surface area (Å²) >= 11 is 0. The summed E-state index contributed by atoms with van der Waals surface area (Å²) < 4.78 is 0.651. The topological polar surface area (TPSA) is 60.4 Å². The molecule has 0 fully saturated rings. The molecule has 144 valence electrons. The van der Waals surface area contributed by atoms with E-state index < -0.39 is 11.6 Å². The van der Waals surface area contributed by atoms with Gasteiger partial charge in [0.05, 0.1) is 20.6 Å². The third kappa shape index (κ3) is 14.9. The van der Waals surface area contributed by atoms with Gasteiger partial charge in [-0.15, -0.1) is 0 Å². The quantitative estimate of drug-likeness (QED) is 0.346. The first kappa shape index (κ1) is 23.4. The normalized spacial score (nSPS) is 14.5. The van der Waals surface area contributed by atoms with E-state index in [0.29, 0.717) is 17.4 Å². The van der Waals surface area contributed by atoms with Crippen molar-refractivity contribution in [3.8, 4) is 0 Å². The smallest absolute Gasteiger partial charge is 0.111 e. The number of nitrogens with zero attached hydrogens (tertiary/aromatic N) is 1. The monoisotopic (exact) mass is 343 g/mol. The predicted molar refractivity (Wildman–Crippen MR) is 98.6 cm³/mol. The third-order valence-corrected chi connectivity index (χ3v) is 4.73. The van der Waals surface area contributed by atoms with Crippen molar-refractivity contribution in [3.63, 3.8) is 0 Å². The number of rotatable bonds is 16. The van der Waals surface area contributed by atoms with Gasteiger partial charge >= 0.3 is 0 Å². The molecule has 0 aliphatic carbocycles. The Morgan fingerprint density at radius 3 is 1.96 bits per heavy atom. The molecule has 0 saturated heterocycles. The Labute approximate surface area is 149 Å². The fourth-order valence-corrected chi connectivity index (χ4v) is 3.55. The highest BCUT2D eigenvalue weighted by Crippen LogP contribution is 2.20. The fraction of sp³-hybridized carbons (Fsp3) is 0.950. The van der Waals surface area contributed by atoms with Crippen LogP contribution >= 0.6 is 0 Å². The molecule has 24 heavy (non-hydrogen) atoms. The second-order valence-electron chi connectivity index (χ2n) is 8.37. The first-order valence-corrected chi connectivity index (χ1v) is 9.93. The molecule has 0 heterocycles. The zero-order valence-corrected chi connectivity index (χ0v) is 16.6. The van der Waals surface area contributed by atoms with Gasteiger partial charge in [-0.25, -0.2) is 0 Å². The predicted octanol–water partition coefficient (Wildman–Crippen LogP) is 3.26. The van der Waals surface area contributed by atoms with Crippen molar-refractivity contribution in [2.75, 3.05) is 27.2 Å². The Morgan fingerprint density at radius 1 is 0.958 bits per heavy atom. The highest BCUT2D eigenvalue weighted by atomic mass is 16.4. The van der Waals surface area contributed by atoms with Gasteiger partial charge in [-0.2, -0.15) is 0 Å². The molecule has 0 radical (unpaired) electrons. The highest BCUT2D eigenvalue weighted by Gasteiger charge is 2.29. The zero-order chi connectivity index (χ0) is 18.5. The van der Waals surface area contributed by atoms with Gasteiger partial charge < -0.3 is 19.5 Å². The summed E-state index contributed by atoms with van der Waals surface area (Å²) in [7, 11) is 4.11. The summed E-state index contributed by atoms with van der Waals surface area (Å²) in [6, 6.07) is 0. The summed E-state index contributed by atoms with van der Waals surface area (Å²) in [4.78, 5) is 10.5. The Bertz CT molecular complexity index is 327. The van der Waals surface area contributed by atoms with Crippen LogP contribution in [0.2, 0.25) is 0 Å². The lowest BCUT2D eigenvalue weighted by Gasteiger charge is -2.36. The van der Waals surface area contributed by atoms with E-state index in [-0.39, 0.29) is 6.42 Å². The SMILES string of the molecule is CCCCCCCCCCCC(C)(O)C[N+](C)(C)CCCC(=O)[O-]. The van der Waals surface area contributed by atoms with Crippen LogP contribution in [0.4, 0.5) is 0 Å². The van der Waals surface area contributed by atoms with Crippen LogP contribution in [0, 0.1) is 0 Å². The second kappa shape index (κ2) is 12.7. The zero-order valence-electron chi connectivity index (χ0n) is 16.6. The van der Waals surface area contributed by atoms with Crippen molar-refractivity contribution in [1.82, 2.24) is 0 Å². The molecule has 0 saturated carbocycles. The number of carbonyl (C=O) groups is 1. The molecule has 0 aromatic heterocycles. The average Bonchev–Trinajstić information content (AvgIpc) is 2.43. The first-order valence-electron chi connectivity index (χ1n) is 9.93. The number of aliphatic carboxylic acids is 1. The summed E-state index contributed by atoms with van der Waals surface area (Å²) in [5.74, 6) is -0.989. The highest BCUT2D eigenvalue weighted by molar-refractivity contribution is 5.64. The lowest BCUT2D eigenvalue weighted by Crippen LogP contribution is -2.51. The molecule has 0 aliphatic rings. The third-order valence-electron chi connectivity index (χ3n) is 4.73. The number of carbonyl (C=O) groups excluding carboxylic acids is 1. The molecule has 0 amide bonds. The van der Waals surface area contributed by atoms with E-state index in [9.17, 15) is 15.0 Å². The minimum atomic E-state index is -0.989. The molecule has 0 spiro atoms. The molecular formula is C20H41NO3. The number of carboxylic acids is 1. The molecule has 1 unspecified atom stereocenters. The molecule has 0 bridgehead atoms. The van der Waals surface area contributed by atoms with Crippen LogP contribution < -0.4 is 5.11 Å². The Balaban J connectivity index is 3.78. The van der Waals surface area contributed by atoms with Gasteiger partial charge in [0.15, 0.2) is 0 Å². The van der Waals surface area contributed by atoms with Crippen LogP contribution in [0.25, 0.3) is 0 Å². The minimum absolute atomic E-state index is 0.0993. The number of hydrogen-bond donors (Lipinski definition) is 1. The summed E-state index contributed by atoms with van der Waals surface area (Å²) in [6.07, 6.45) is 13.1. The minimum Gasteiger partial charge on any atom is -0.550 e. The maximum absolute atomic E-state index is 10.6. The van der Waals surface area contributed by atoms with Crippen molar-refractivity contribution in [1.29, 1.82) is 0 Å². The number of quaternary nitrogens is 1. The Hall–Kier alpha value is -0.610. The molecule has 0 aromatic carbocycles. The van der Waals surface area contributed by atoms with Gasteiger partial charge in [-0.3, -0.25) is 0 Å². The number of likely N-dealkylation sites (N-methyl/N-ethyl adjacent to an activating group) is 1. The van der Waals surface area contributed by atoms with E-state index in [0.717, 1.165) is 19.4 Å². The van der Waals surface area contributed by atoms with Gasteiger partial charge in [-0.1, -0.05) is 64.7 Å². The van der Waals surface area contributed by atoms with E-state index in [1.807, 2.05) is 6.92 Å². The van der Waals surface area contributed by atoms with Gasteiger partial charge in [0, 0.05) is 12.4 Å². The van der Waals surface area contributed by atoms with Gasteiger partial charge in [0.2, 0.25) is 0 Å². The van der Waals surface area contributed by atoms with E-state index in [2.05, 4.69) is 21.0 Å². The standard InChI is InChI=1S/C20H41NO3/c1-5-6-7-8-9-10-11-12-13-16-20(2,24)18-21(3,4)17-14-15-19(22)23/h24H,5-18H2,1-4H3. The van der Waals surface area contributed by atoms with Crippen LogP contribution in [0.15, 0.2) is 0 Å². The molecular weight excluding hydrogens is 302 g/mol. The molecule has 1 atom stereocenters. The van der Waals surface area contributed by atoms with Crippen molar-refractivity contribution in [2.24, 2.45) is 0 Å². The first-order chi connectivity index (χ1) is 11.2. The lowest BCUT2D eigenvalue weighted by molar-refractivity contribution is -0.896. The average molecular weight is 344 g/mol. The van der Waals surface area contributed by atoms with E-state index in [1.54, 1.807) is 0 Å². The van der Waals surface area contributed by atoms with Crippen molar-refractivity contribution in [2.45, 2.75) is 96.5 Å². The summed E-state index contributed by atoms with van der Waals surface area (Å²) in [6.45, 7) is 5.57. The summed E-state index contributed by atoms with van der Waals surface area (Å²) in [5, 5.41) is 21.1. The molecule has 0 aromatic rings. The van der Waals surface area contributed by atoms with E-state index in [4.69, 9.17) is 0 Å². The largest absolute Gasteiger partial charge is 0.550 e. The van der Waals surface area contributed by atoms with Crippen LogP contribution in [0.3, 0.4) is 0 Å². The van der Waals surface area contributed by atoms with E-state index >= 15 is 0 Å². The number of hydrogen-bond acceptors (Lipinski definition) is 3. The van der Waals surface area contributed by atoms with Gasteiger partial charge in [-0.05, 0) is 19.8 Å². The van der Waals surface area contributed by atoms with Crippen LogP contribution in [-0.2, 0) is 4.79 Å². The maximum atomic E-state index is 10.6. The Morgan fingerprint density at radius 2 is 1.46 bits per heavy atom. The maximum Gasteiger partial charge on any atom is 0.111 e. The molecule has 4 heteroatoms. The fourth-order valence-electron chi connectivity index (χ4n) is 3.55. The molecule has 0 aliphatic heterocycles. The van der Waals surface area contributed by atoms with Crippen LogP contribution in [-0.4, -0.2) is 48.3 Å². The van der Waals surface area contributed by atoms with Crippen LogP contribution in [0.5, 0.6) is 0 Å². The molecule has 0 rings (SSSR count). The van der Waals surface area contributed by atoms with Crippen LogP contribution in [0.1, 0.15) is 90.9 Å². The number of unbranched alkanes of at least 4 members (excludes halogenated alkanes) is 8. The van der Waals surface area contributed by atoms with E-state index in [1.165, 1.54) is 51.4 Å². The summed E-state index contributed by atoms with van der Waals surface area (Å²) in [5.41, 5.74) is -0.675. The van der Waals surface area contributed by atoms with Crippen molar-refractivity contribution < 1.29 is 19.5 Å². The van der Waals surface area contributed by atoms with Gasteiger partial charge in [0.25, 0.3) is 0 Å². The lowest BCUT2D eigenvalue weighted by atomic mass is 9.96. The number of aliphatic hydroxyl groups is 1. The van der Waals surface area contributed by atoms with Crippen molar-refractivity contribution in [3.05, 3.63) is 0 Å². The van der Waals surface area contributed by atoms with Crippen molar-refractivity contribution >= 4 is 5.97 Å².